The highest BCUT2D eigenvalue weighted by Crippen LogP contribution is 2.53. The van der Waals surface area contributed by atoms with E-state index < -0.39 is 12.0 Å². The summed E-state index contributed by atoms with van der Waals surface area (Å²) < 4.78 is 0. The van der Waals surface area contributed by atoms with Gasteiger partial charge in [-0.05, 0) is 17.7 Å². The van der Waals surface area contributed by atoms with Crippen LogP contribution in [0.25, 0.3) is 11.4 Å². The molecule has 1 N–H and O–H groups in total. The fraction of sp³-hybridized carbons (Fsp3) is 0.0476. The molecular weight excluding hydrogens is 631 g/mol. The fourth-order valence-electron chi connectivity index (χ4n) is 6.60. The Balaban J connectivity index is 1.51. The van der Waals surface area contributed by atoms with Crippen molar-refractivity contribution in [2.75, 3.05) is 0 Å². The second-order valence-electron chi connectivity index (χ2n) is 11.7. The Kier molecular flexibility index (Phi) is 7.89. The molecule has 2 aliphatic heterocycles. The van der Waals surface area contributed by atoms with Gasteiger partial charge in [-0.2, -0.15) is 0 Å². The van der Waals surface area contributed by atoms with Crippen LogP contribution in [0.1, 0.15) is 39.5 Å². The van der Waals surface area contributed by atoms with Crippen LogP contribution in [0.2, 0.25) is 10.0 Å². The van der Waals surface area contributed by atoms with Crippen molar-refractivity contribution < 1.29 is 0 Å². The molecule has 0 saturated heterocycles. The molecule has 1 unspecified atom stereocenters. The van der Waals surface area contributed by atoms with Crippen LogP contribution in [-0.4, -0.2) is 16.3 Å². The Labute approximate surface area is 290 Å². The lowest BCUT2D eigenvalue weighted by atomic mass is 10.00. The van der Waals surface area contributed by atoms with Gasteiger partial charge in [-0.3, -0.25) is 4.90 Å². The van der Waals surface area contributed by atoms with E-state index in [4.69, 9.17) is 33.2 Å². The van der Waals surface area contributed by atoms with Crippen LogP contribution in [0, 0.1) is 0 Å². The molecule has 0 fully saturated rings. The van der Waals surface area contributed by atoms with Crippen LogP contribution in [0.5, 0.6) is 0 Å². The molecule has 48 heavy (non-hydrogen) atoms. The topological polar surface area (TPSA) is 40.0 Å². The highest BCUT2D eigenvalue weighted by Gasteiger charge is 2.53. The van der Waals surface area contributed by atoms with Crippen molar-refractivity contribution in [3.05, 3.63) is 213 Å². The average molecular weight is 662 g/mol. The quantitative estimate of drug-likeness (QED) is 0.185. The normalized spacial score (nSPS) is 16.8. The molecule has 0 spiro atoms. The molecule has 232 valence electrons. The van der Waals surface area contributed by atoms with Crippen molar-refractivity contribution in [1.29, 1.82) is 0 Å². The fourth-order valence-corrected chi connectivity index (χ4v) is 7.10. The van der Waals surface area contributed by atoms with Crippen LogP contribution < -0.4 is 5.32 Å². The third-order valence-corrected chi connectivity index (χ3v) is 9.43. The maximum absolute atomic E-state index is 7.20. The van der Waals surface area contributed by atoms with E-state index in [-0.39, 0.29) is 0 Å². The number of nitrogens with one attached hydrogen (secondary N) is 1. The van der Waals surface area contributed by atoms with Gasteiger partial charge < -0.3 is 5.32 Å². The monoisotopic (exact) mass is 660 g/mol. The summed E-state index contributed by atoms with van der Waals surface area (Å²) in [5.41, 5.74) is 9.04. The predicted molar refractivity (Wildman–Crippen MR) is 198 cm³/mol. The second-order valence-corrected chi connectivity index (χ2v) is 12.5. The van der Waals surface area contributed by atoms with Crippen molar-refractivity contribution in [3.63, 3.8) is 0 Å². The van der Waals surface area contributed by atoms with Crippen molar-refractivity contribution in [2.24, 2.45) is 9.98 Å². The third kappa shape index (κ3) is 5.20. The van der Waals surface area contributed by atoms with Crippen molar-refractivity contribution in [1.82, 2.24) is 10.2 Å². The summed E-state index contributed by atoms with van der Waals surface area (Å²) >= 11 is 14.3. The molecular formula is C42H30Cl2N4. The van der Waals surface area contributed by atoms with Crippen molar-refractivity contribution in [2.45, 2.75) is 12.0 Å². The van der Waals surface area contributed by atoms with Gasteiger partial charge in [-0.25, -0.2) is 9.98 Å². The van der Waals surface area contributed by atoms with Crippen LogP contribution >= 0.6 is 23.2 Å². The van der Waals surface area contributed by atoms with Crippen molar-refractivity contribution in [3.8, 4) is 0 Å². The average Bonchev–Trinajstić information content (AvgIpc) is 3.75. The summed E-state index contributed by atoms with van der Waals surface area (Å²) in [6, 6.07) is 57.0. The summed E-state index contributed by atoms with van der Waals surface area (Å²) in [5.74, 6) is -1.34. The van der Waals surface area contributed by atoms with E-state index in [1.54, 1.807) is 0 Å². The Bertz CT molecular complexity index is 2120. The van der Waals surface area contributed by atoms with E-state index in [2.05, 4.69) is 89.1 Å². The van der Waals surface area contributed by atoms with Gasteiger partial charge in [0.05, 0.1) is 27.8 Å². The first-order valence-electron chi connectivity index (χ1n) is 15.9. The first-order valence-corrected chi connectivity index (χ1v) is 16.6. The minimum atomic E-state index is -1.34. The molecule has 2 aliphatic rings. The van der Waals surface area contributed by atoms with E-state index in [9.17, 15) is 0 Å². The molecule has 0 aliphatic carbocycles. The zero-order valence-electron chi connectivity index (χ0n) is 25.8. The van der Waals surface area contributed by atoms with Gasteiger partial charge in [-0.15, -0.1) is 0 Å². The molecule has 1 atom stereocenters. The first-order chi connectivity index (χ1) is 23.6. The van der Waals surface area contributed by atoms with Gasteiger partial charge >= 0.3 is 0 Å². The zero-order valence-corrected chi connectivity index (χ0v) is 27.4. The van der Waals surface area contributed by atoms with Gasteiger partial charge in [0, 0.05) is 32.8 Å². The van der Waals surface area contributed by atoms with Crippen molar-refractivity contribution >= 4 is 46.0 Å². The van der Waals surface area contributed by atoms with E-state index in [0.29, 0.717) is 10.0 Å². The summed E-state index contributed by atoms with van der Waals surface area (Å²) in [4.78, 5) is 13.7. The van der Waals surface area contributed by atoms with Gasteiger partial charge in [0.1, 0.15) is 6.17 Å². The Morgan fingerprint density at radius 3 is 1.44 bits per heavy atom. The summed E-state index contributed by atoms with van der Waals surface area (Å²) in [6.07, 6.45) is -0.472. The van der Waals surface area contributed by atoms with E-state index in [1.807, 2.05) is 91.0 Å². The van der Waals surface area contributed by atoms with Gasteiger partial charge in [0.15, 0.2) is 0 Å². The lowest BCUT2D eigenvalue weighted by Gasteiger charge is -2.41. The standard InChI is InChI=1S/C42H30Cl2N4/c43-35-27-15-13-25-33(35)41-45-39(31-21-9-3-10-22-31)40(32-23-11-4-12-24-32)48(41)42(34-26-14-16-28-36(34)44)46-37(29-17-5-1-6-18-29)38(47-42)30-19-7-2-8-20-30/h1-28,41,45H. The highest BCUT2D eigenvalue weighted by molar-refractivity contribution is 6.54. The SMILES string of the molecule is Clc1ccccc1C1NC(c2ccccc2)=C(c2ccccc2)N1C1(c2ccccc2Cl)N=C(c2ccccc2)C(c2ccccc2)=N1. The number of hydrogen-bond acceptors (Lipinski definition) is 4. The molecule has 6 aromatic rings. The van der Waals surface area contributed by atoms with Crippen LogP contribution in [0.3, 0.4) is 0 Å². The molecule has 0 amide bonds. The number of aliphatic imine (C=N–C) groups is 2. The first kappa shape index (κ1) is 29.9. The molecule has 0 aromatic heterocycles. The van der Waals surface area contributed by atoms with Gasteiger partial charge in [0.25, 0.3) is 5.79 Å². The molecule has 0 bridgehead atoms. The van der Waals surface area contributed by atoms with Crippen LogP contribution in [-0.2, 0) is 5.79 Å². The molecule has 6 heteroatoms. The minimum Gasteiger partial charge on any atom is -0.359 e. The maximum Gasteiger partial charge on any atom is 0.259 e. The summed E-state index contributed by atoms with van der Waals surface area (Å²) in [6.45, 7) is 0. The maximum atomic E-state index is 7.20. The van der Waals surface area contributed by atoms with E-state index >= 15 is 0 Å². The number of benzene rings is 6. The number of rotatable bonds is 7. The van der Waals surface area contributed by atoms with E-state index in [0.717, 1.165) is 56.2 Å². The molecule has 2 heterocycles. The smallest absolute Gasteiger partial charge is 0.259 e. The van der Waals surface area contributed by atoms with Crippen LogP contribution in [0.15, 0.2) is 180 Å². The predicted octanol–water partition coefficient (Wildman–Crippen LogP) is 10.2. The molecule has 0 radical (unpaired) electrons. The third-order valence-electron chi connectivity index (χ3n) is 8.75. The lowest BCUT2D eigenvalue weighted by molar-refractivity contribution is 0.129. The minimum absolute atomic E-state index is 0.472. The molecule has 6 aromatic carbocycles. The summed E-state index contributed by atoms with van der Waals surface area (Å²) in [7, 11) is 0. The van der Waals surface area contributed by atoms with E-state index in [1.165, 1.54) is 0 Å². The molecule has 8 rings (SSSR count). The highest BCUT2D eigenvalue weighted by atomic mass is 35.5. The zero-order chi connectivity index (χ0) is 32.5. The number of nitrogens with zero attached hydrogens (tertiary/aromatic N) is 3. The summed E-state index contributed by atoms with van der Waals surface area (Å²) in [5, 5.41) is 5.10. The Hall–Kier alpha value is -5.42. The number of halogens is 2. The van der Waals surface area contributed by atoms with Gasteiger partial charge in [0.2, 0.25) is 0 Å². The van der Waals surface area contributed by atoms with Crippen LogP contribution in [0.4, 0.5) is 0 Å². The Morgan fingerprint density at radius 1 is 0.479 bits per heavy atom. The largest absolute Gasteiger partial charge is 0.359 e. The molecule has 0 saturated carbocycles. The second kappa shape index (κ2) is 12.6. The molecule has 4 nitrogen and oxygen atoms in total. The lowest BCUT2D eigenvalue weighted by Crippen LogP contribution is -2.44. The Morgan fingerprint density at radius 2 is 0.917 bits per heavy atom. The number of hydrogen-bond donors (Lipinski definition) is 1. The van der Waals surface area contributed by atoms with Gasteiger partial charge in [-0.1, -0.05) is 181 Å².